The monoisotopic (exact) mass is 269 g/mol. The molecule has 0 aliphatic rings. The molecule has 0 aliphatic heterocycles. The number of aromatic nitrogens is 2. The topological polar surface area (TPSA) is 54.9 Å². The summed E-state index contributed by atoms with van der Waals surface area (Å²) in [6.45, 7) is 1.91. The van der Waals surface area contributed by atoms with Gasteiger partial charge in [-0.1, -0.05) is 29.5 Å². The summed E-state index contributed by atoms with van der Waals surface area (Å²) < 4.78 is 0. The van der Waals surface area contributed by atoms with E-state index >= 15 is 0 Å². The van der Waals surface area contributed by atoms with E-state index in [1.807, 2.05) is 43.3 Å². The first-order valence-electron chi connectivity index (χ1n) is 5.82. The minimum atomic E-state index is -0.247. The number of benzene rings is 1. The zero-order chi connectivity index (χ0) is 13.2. The molecule has 0 radical (unpaired) electrons. The van der Waals surface area contributed by atoms with Crippen molar-refractivity contribution in [1.82, 2.24) is 9.97 Å². The van der Waals surface area contributed by atoms with Crippen LogP contribution in [0.4, 0.5) is 10.8 Å². The van der Waals surface area contributed by atoms with Crippen LogP contribution in [0.2, 0.25) is 0 Å². The van der Waals surface area contributed by atoms with Gasteiger partial charge in [0.15, 0.2) is 5.13 Å². The minimum absolute atomic E-state index is 0.247. The van der Waals surface area contributed by atoms with Gasteiger partial charge in [-0.15, -0.1) is 0 Å². The quantitative estimate of drug-likeness (QED) is 0.776. The molecular formula is C14H11N3OS. The summed E-state index contributed by atoms with van der Waals surface area (Å²) in [5, 5.41) is 4.25. The summed E-state index contributed by atoms with van der Waals surface area (Å²) in [6.07, 6.45) is 1.75. The van der Waals surface area contributed by atoms with Gasteiger partial charge in [-0.2, -0.15) is 4.98 Å². The minimum Gasteiger partial charge on any atom is -0.331 e. The second-order valence-electron chi connectivity index (χ2n) is 4.18. The predicted molar refractivity (Wildman–Crippen MR) is 78.1 cm³/mol. The Morgan fingerprint density at radius 1 is 1.21 bits per heavy atom. The second kappa shape index (κ2) is 4.78. The molecule has 0 fully saturated rings. The number of anilines is 2. The van der Waals surface area contributed by atoms with E-state index in [1.54, 1.807) is 6.20 Å². The van der Waals surface area contributed by atoms with Crippen molar-refractivity contribution in [3.05, 3.63) is 58.5 Å². The lowest BCUT2D eigenvalue weighted by molar-refractivity contribution is 1.28. The average molecular weight is 269 g/mol. The van der Waals surface area contributed by atoms with Crippen molar-refractivity contribution in [3.63, 3.8) is 0 Å². The van der Waals surface area contributed by atoms with Gasteiger partial charge in [-0.25, -0.2) is 4.98 Å². The number of fused-ring (bicyclic) bond motifs is 1. The van der Waals surface area contributed by atoms with E-state index in [0.29, 0.717) is 15.3 Å². The van der Waals surface area contributed by atoms with E-state index in [4.69, 9.17) is 0 Å². The van der Waals surface area contributed by atoms with Crippen molar-refractivity contribution in [2.45, 2.75) is 6.92 Å². The van der Waals surface area contributed by atoms with Crippen molar-refractivity contribution in [2.24, 2.45) is 0 Å². The number of hydrogen-bond acceptors (Lipinski definition) is 5. The standard InChI is InChI=1S/C14H11N3OS/c1-9-7-11-12(18)17-14(19-13(11)15-8-9)16-10-5-3-2-4-6-10/h2-8H,1H3,(H,16,17,18). The Bertz CT molecular complexity index is 784. The lowest BCUT2D eigenvalue weighted by atomic mass is 10.3. The van der Waals surface area contributed by atoms with Crippen LogP contribution in [-0.2, 0) is 0 Å². The highest BCUT2D eigenvalue weighted by Crippen LogP contribution is 2.22. The van der Waals surface area contributed by atoms with Gasteiger partial charge < -0.3 is 5.32 Å². The lowest BCUT2D eigenvalue weighted by Gasteiger charge is -2.04. The van der Waals surface area contributed by atoms with Gasteiger partial charge in [0.05, 0.1) is 5.39 Å². The molecule has 1 N–H and O–H groups in total. The third-order valence-corrected chi connectivity index (χ3v) is 3.55. The van der Waals surface area contributed by atoms with Gasteiger partial charge in [0, 0.05) is 11.9 Å². The molecule has 0 aliphatic carbocycles. The van der Waals surface area contributed by atoms with Gasteiger partial charge >= 0.3 is 0 Å². The molecule has 1 aromatic carbocycles. The van der Waals surface area contributed by atoms with Crippen LogP contribution in [0.3, 0.4) is 0 Å². The maximum Gasteiger partial charge on any atom is 0.282 e. The first kappa shape index (κ1) is 11.8. The van der Waals surface area contributed by atoms with Crippen LogP contribution in [0.15, 0.2) is 47.4 Å². The smallest absolute Gasteiger partial charge is 0.282 e. The lowest BCUT2D eigenvalue weighted by Crippen LogP contribution is -2.08. The van der Waals surface area contributed by atoms with Crippen LogP contribution in [0.1, 0.15) is 5.56 Å². The molecular weight excluding hydrogens is 258 g/mol. The number of aryl methyl sites for hydroxylation is 1. The van der Waals surface area contributed by atoms with Crippen molar-refractivity contribution < 1.29 is 0 Å². The summed E-state index contributed by atoms with van der Waals surface area (Å²) >= 11 is 1.37. The zero-order valence-corrected chi connectivity index (χ0v) is 11.1. The number of pyridine rings is 1. The van der Waals surface area contributed by atoms with E-state index in [0.717, 1.165) is 11.3 Å². The molecule has 5 heteroatoms. The van der Waals surface area contributed by atoms with Gasteiger partial charge in [-0.3, -0.25) is 4.79 Å². The molecule has 0 bridgehead atoms. The highest BCUT2D eigenvalue weighted by atomic mass is 32.1. The normalized spacial score (nSPS) is 10.6. The molecule has 0 amide bonds. The third kappa shape index (κ3) is 2.46. The van der Waals surface area contributed by atoms with Crippen LogP contribution in [0.25, 0.3) is 10.2 Å². The van der Waals surface area contributed by atoms with Crippen molar-refractivity contribution in [3.8, 4) is 0 Å². The van der Waals surface area contributed by atoms with Crippen molar-refractivity contribution in [2.75, 3.05) is 5.32 Å². The highest BCUT2D eigenvalue weighted by Gasteiger charge is 2.06. The van der Waals surface area contributed by atoms with Crippen LogP contribution in [0.5, 0.6) is 0 Å². The Morgan fingerprint density at radius 3 is 2.79 bits per heavy atom. The van der Waals surface area contributed by atoms with E-state index in [1.165, 1.54) is 11.3 Å². The van der Waals surface area contributed by atoms with Crippen LogP contribution in [0, 0.1) is 6.92 Å². The zero-order valence-electron chi connectivity index (χ0n) is 10.3. The molecule has 4 nitrogen and oxygen atoms in total. The Balaban J connectivity index is 2.07. The second-order valence-corrected chi connectivity index (χ2v) is 5.16. The molecule has 0 saturated carbocycles. The van der Waals surface area contributed by atoms with Crippen molar-refractivity contribution in [1.29, 1.82) is 0 Å². The predicted octanol–water partition coefficient (Wildman–Crippen LogP) is 3.10. The fraction of sp³-hybridized carbons (Fsp3) is 0.0714. The first-order chi connectivity index (χ1) is 9.22. The fourth-order valence-electron chi connectivity index (χ4n) is 1.76. The Labute approximate surface area is 113 Å². The largest absolute Gasteiger partial charge is 0.331 e. The summed E-state index contributed by atoms with van der Waals surface area (Å²) in [4.78, 5) is 21.0. The average Bonchev–Trinajstić information content (AvgIpc) is 2.41. The summed E-state index contributed by atoms with van der Waals surface area (Å²) in [7, 11) is 0. The van der Waals surface area contributed by atoms with Crippen LogP contribution < -0.4 is 10.9 Å². The number of nitrogens with one attached hydrogen (secondary N) is 1. The number of rotatable bonds is 2. The molecule has 0 saturated heterocycles. The summed E-state index contributed by atoms with van der Waals surface area (Å²) in [5.41, 5.74) is 1.61. The number of nitrogens with zero attached hydrogens (tertiary/aromatic N) is 2. The highest BCUT2D eigenvalue weighted by molar-refractivity contribution is 7.21. The maximum atomic E-state index is 12.0. The van der Waals surface area contributed by atoms with E-state index in [-0.39, 0.29) is 5.56 Å². The maximum absolute atomic E-state index is 12.0. The Hall–Kier alpha value is -2.27. The van der Waals surface area contributed by atoms with Crippen LogP contribution in [-0.4, -0.2) is 9.97 Å². The van der Waals surface area contributed by atoms with Gasteiger partial charge in [0.25, 0.3) is 5.56 Å². The fourth-order valence-corrected chi connectivity index (χ4v) is 2.60. The van der Waals surface area contributed by atoms with Gasteiger partial charge in [-0.05, 0) is 30.7 Å². The molecule has 0 atom stereocenters. The van der Waals surface area contributed by atoms with E-state index in [9.17, 15) is 4.79 Å². The van der Waals surface area contributed by atoms with Gasteiger partial charge in [0.2, 0.25) is 0 Å². The molecule has 3 rings (SSSR count). The molecule has 2 heterocycles. The molecule has 19 heavy (non-hydrogen) atoms. The summed E-state index contributed by atoms with van der Waals surface area (Å²) in [6, 6.07) is 11.4. The number of para-hydroxylation sites is 1. The Morgan fingerprint density at radius 2 is 2.00 bits per heavy atom. The van der Waals surface area contributed by atoms with E-state index < -0.39 is 0 Å². The number of hydrogen-bond donors (Lipinski definition) is 1. The SMILES string of the molecule is Cc1cnc2sc(Nc3ccccc3)nc(=O)c2c1. The molecule has 3 aromatic rings. The van der Waals surface area contributed by atoms with Crippen molar-refractivity contribution >= 4 is 32.4 Å². The van der Waals surface area contributed by atoms with Crippen LogP contribution >= 0.6 is 11.3 Å². The molecule has 0 spiro atoms. The molecule has 94 valence electrons. The first-order valence-corrected chi connectivity index (χ1v) is 6.63. The van der Waals surface area contributed by atoms with Gasteiger partial charge in [0.1, 0.15) is 4.83 Å². The third-order valence-electron chi connectivity index (χ3n) is 2.64. The van der Waals surface area contributed by atoms with E-state index in [2.05, 4.69) is 15.3 Å². The molecule has 0 unspecified atom stereocenters. The molecule has 2 aromatic heterocycles. The summed E-state index contributed by atoms with van der Waals surface area (Å²) in [5.74, 6) is 0. The Kier molecular flexibility index (Phi) is 2.97.